The molecule has 0 aliphatic heterocycles. The molecule has 0 unspecified atom stereocenters. The van der Waals surface area contributed by atoms with Crippen LogP contribution in [0.1, 0.15) is 11.3 Å². The monoisotopic (exact) mass is 294 g/mol. The number of hydrazine groups is 1. The average molecular weight is 294 g/mol. The van der Waals surface area contributed by atoms with Crippen LogP contribution >= 0.6 is 0 Å². The average Bonchev–Trinajstić information content (AvgIpc) is 2.46. The van der Waals surface area contributed by atoms with Crippen molar-refractivity contribution >= 4 is 17.5 Å². The number of anilines is 3. The first kappa shape index (κ1) is 14.5. The number of benzene rings is 1. The highest BCUT2D eigenvalue weighted by Gasteiger charge is 2.33. The lowest BCUT2D eigenvalue weighted by Gasteiger charge is -2.12. The molecular formula is C12H9F3N6. The number of nitriles is 1. The molecule has 4 N–H and O–H groups in total. The zero-order chi connectivity index (χ0) is 15.5. The molecule has 0 saturated heterocycles. The fraction of sp³-hybridized carbons (Fsp3) is 0.0833. The summed E-state index contributed by atoms with van der Waals surface area (Å²) in [5.41, 5.74) is 1.42. The lowest BCUT2D eigenvalue weighted by molar-refractivity contribution is -0.141. The van der Waals surface area contributed by atoms with Gasteiger partial charge in [-0.2, -0.15) is 23.4 Å². The maximum atomic E-state index is 12.7. The predicted octanol–water partition coefficient (Wildman–Crippen LogP) is 2.40. The van der Waals surface area contributed by atoms with Crippen LogP contribution in [0.15, 0.2) is 30.3 Å². The van der Waals surface area contributed by atoms with Crippen LogP contribution in [-0.2, 0) is 6.18 Å². The molecule has 2 aromatic rings. The van der Waals surface area contributed by atoms with Gasteiger partial charge in [-0.05, 0) is 12.1 Å². The van der Waals surface area contributed by atoms with E-state index < -0.39 is 11.9 Å². The third kappa shape index (κ3) is 3.37. The second-order valence-corrected chi connectivity index (χ2v) is 3.89. The maximum absolute atomic E-state index is 12.7. The number of nitrogens with one attached hydrogen (secondary N) is 2. The molecule has 0 saturated carbocycles. The summed E-state index contributed by atoms with van der Waals surface area (Å²) in [5, 5.41) is 11.6. The van der Waals surface area contributed by atoms with Gasteiger partial charge in [0.05, 0.1) is 11.3 Å². The second-order valence-electron chi connectivity index (χ2n) is 3.89. The highest BCUT2D eigenvalue weighted by Crippen LogP contribution is 2.30. The second kappa shape index (κ2) is 5.64. The van der Waals surface area contributed by atoms with Crippen molar-refractivity contribution in [1.82, 2.24) is 9.97 Å². The molecule has 0 aliphatic carbocycles. The van der Waals surface area contributed by atoms with Gasteiger partial charge in [0.25, 0.3) is 0 Å². The van der Waals surface area contributed by atoms with Crippen molar-refractivity contribution in [3.8, 4) is 6.07 Å². The summed E-state index contributed by atoms with van der Waals surface area (Å²) in [6.07, 6.45) is -4.64. The summed E-state index contributed by atoms with van der Waals surface area (Å²) in [7, 11) is 0. The molecule has 1 aromatic carbocycles. The Morgan fingerprint density at radius 1 is 1.19 bits per heavy atom. The largest absolute Gasteiger partial charge is 0.433 e. The van der Waals surface area contributed by atoms with Gasteiger partial charge in [0.1, 0.15) is 11.9 Å². The molecule has 0 fully saturated rings. The highest BCUT2D eigenvalue weighted by atomic mass is 19.4. The first-order valence-corrected chi connectivity index (χ1v) is 5.63. The number of aromatic nitrogens is 2. The zero-order valence-electron chi connectivity index (χ0n) is 10.4. The topological polar surface area (TPSA) is 99.7 Å². The van der Waals surface area contributed by atoms with Gasteiger partial charge in [0, 0.05) is 6.07 Å². The van der Waals surface area contributed by atoms with Gasteiger partial charge in [-0.1, -0.05) is 12.1 Å². The first-order valence-electron chi connectivity index (χ1n) is 5.63. The minimum Gasteiger partial charge on any atom is -0.339 e. The van der Waals surface area contributed by atoms with Gasteiger partial charge in [-0.15, -0.1) is 0 Å². The van der Waals surface area contributed by atoms with Crippen LogP contribution in [0.25, 0.3) is 0 Å². The highest BCUT2D eigenvalue weighted by molar-refractivity contribution is 5.65. The Balaban J connectivity index is 2.42. The van der Waals surface area contributed by atoms with Crippen LogP contribution in [0, 0.1) is 11.3 Å². The minimum atomic E-state index is -4.64. The van der Waals surface area contributed by atoms with Gasteiger partial charge < -0.3 is 5.32 Å². The van der Waals surface area contributed by atoms with E-state index in [1.54, 1.807) is 18.2 Å². The molecule has 0 aliphatic rings. The van der Waals surface area contributed by atoms with E-state index in [4.69, 9.17) is 11.1 Å². The summed E-state index contributed by atoms with van der Waals surface area (Å²) in [4.78, 5) is 7.00. The summed E-state index contributed by atoms with van der Waals surface area (Å²) < 4.78 is 38.2. The molecule has 0 amide bonds. The van der Waals surface area contributed by atoms with Crippen molar-refractivity contribution in [1.29, 1.82) is 5.26 Å². The quantitative estimate of drug-likeness (QED) is 0.593. The Hall–Kier alpha value is -2.86. The molecular weight excluding hydrogens is 285 g/mol. The van der Waals surface area contributed by atoms with E-state index in [-0.39, 0.29) is 17.3 Å². The van der Waals surface area contributed by atoms with Gasteiger partial charge in [0.2, 0.25) is 5.95 Å². The molecule has 0 bridgehead atoms. The van der Waals surface area contributed by atoms with Crippen molar-refractivity contribution < 1.29 is 13.2 Å². The number of nitrogens with zero attached hydrogens (tertiary/aromatic N) is 3. The van der Waals surface area contributed by atoms with Crippen molar-refractivity contribution in [2.45, 2.75) is 6.18 Å². The third-order valence-corrected chi connectivity index (χ3v) is 2.46. The van der Waals surface area contributed by atoms with E-state index in [0.717, 1.165) is 6.07 Å². The Morgan fingerprint density at radius 2 is 1.90 bits per heavy atom. The van der Waals surface area contributed by atoms with Crippen molar-refractivity contribution in [3.63, 3.8) is 0 Å². The van der Waals surface area contributed by atoms with Crippen LogP contribution in [0.2, 0.25) is 0 Å². The number of rotatable bonds is 3. The molecule has 0 radical (unpaired) electrons. The van der Waals surface area contributed by atoms with Gasteiger partial charge in [-0.25, -0.2) is 10.8 Å². The lowest BCUT2D eigenvalue weighted by Crippen LogP contribution is -2.16. The molecule has 6 nitrogen and oxygen atoms in total. The maximum Gasteiger partial charge on any atom is 0.433 e. The Morgan fingerprint density at radius 3 is 2.52 bits per heavy atom. The van der Waals surface area contributed by atoms with Crippen molar-refractivity contribution in [2.24, 2.45) is 5.84 Å². The SMILES string of the molecule is N#Cc1ccccc1Nc1cc(C(F)(F)F)nc(NN)n1. The third-order valence-electron chi connectivity index (χ3n) is 2.46. The van der Waals surface area contributed by atoms with E-state index in [2.05, 4.69) is 15.3 Å². The lowest BCUT2D eigenvalue weighted by atomic mass is 10.2. The summed E-state index contributed by atoms with van der Waals surface area (Å²) >= 11 is 0. The zero-order valence-corrected chi connectivity index (χ0v) is 10.4. The standard InChI is InChI=1S/C12H9F3N6/c13-12(14,15)9-5-10(20-11(19-9)21-17)18-8-4-2-1-3-7(8)6-16/h1-5H,17H2,(H2,18,19,20,21). The van der Waals surface area contributed by atoms with Gasteiger partial charge >= 0.3 is 6.18 Å². The van der Waals surface area contributed by atoms with Crippen LogP contribution in [0.3, 0.4) is 0 Å². The van der Waals surface area contributed by atoms with E-state index in [1.165, 1.54) is 6.07 Å². The number of hydrogen-bond donors (Lipinski definition) is 3. The van der Waals surface area contributed by atoms with Crippen molar-refractivity contribution in [3.05, 3.63) is 41.6 Å². The number of hydrogen-bond acceptors (Lipinski definition) is 6. The van der Waals surface area contributed by atoms with E-state index in [1.807, 2.05) is 11.5 Å². The Kier molecular flexibility index (Phi) is 3.91. The van der Waals surface area contributed by atoms with Crippen LogP contribution in [0.5, 0.6) is 0 Å². The number of nitrogens with two attached hydrogens (primary N) is 1. The number of halogens is 3. The predicted molar refractivity (Wildman–Crippen MR) is 69.3 cm³/mol. The minimum absolute atomic E-state index is 0.132. The van der Waals surface area contributed by atoms with Crippen molar-refractivity contribution in [2.75, 3.05) is 10.7 Å². The fourth-order valence-corrected chi connectivity index (χ4v) is 1.55. The van der Waals surface area contributed by atoms with Crippen LogP contribution in [0.4, 0.5) is 30.6 Å². The van der Waals surface area contributed by atoms with Gasteiger partial charge in [0.15, 0.2) is 5.69 Å². The van der Waals surface area contributed by atoms with Gasteiger partial charge in [-0.3, -0.25) is 5.43 Å². The van der Waals surface area contributed by atoms with Crippen LogP contribution < -0.4 is 16.6 Å². The smallest absolute Gasteiger partial charge is 0.339 e. The van der Waals surface area contributed by atoms with Crippen LogP contribution in [-0.4, -0.2) is 9.97 Å². The number of para-hydroxylation sites is 1. The molecule has 0 atom stereocenters. The molecule has 9 heteroatoms. The summed E-state index contributed by atoms with van der Waals surface area (Å²) in [5.74, 6) is 4.54. The molecule has 1 aromatic heterocycles. The summed E-state index contributed by atoms with van der Waals surface area (Å²) in [6.45, 7) is 0. The molecule has 1 heterocycles. The molecule has 0 spiro atoms. The molecule has 21 heavy (non-hydrogen) atoms. The Bertz CT molecular complexity index is 692. The van der Waals surface area contributed by atoms with E-state index in [0.29, 0.717) is 5.69 Å². The molecule has 2 rings (SSSR count). The first-order chi connectivity index (χ1) is 9.94. The van der Waals surface area contributed by atoms with E-state index >= 15 is 0 Å². The number of alkyl halides is 3. The summed E-state index contributed by atoms with van der Waals surface area (Å²) in [6, 6.07) is 8.99. The normalized spacial score (nSPS) is 10.8. The fourth-order valence-electron chi connectivity index (χ4n) is 1.55. The molecule has 108 valence electrons. The van der Waals surface area contributed by atoms with E-state index in [9.17, 15) is 13.2 Å². The Labute approximate surface area is 117 Å². The number of nitrogen functional groups attached to an aromatic ring is 1.